The van der Waals surface area contributed by atoms with Crippen molar-refractivity contribution in [3.63, 3.8) is 0 Å². The molecule has 2 saturated heterocycles. The molecule has 2 heterocycles. The number of ether oxygens (including phenoxy) is 1. The van der Waals surface area contributed by atoms with Crippen molar-refractivity contribution < 1.29 is 17.9 Å². The van der Waals surface area contributed by atoms with Crippen molar-refractivity contribution in [2.24, 2.45) is 0 Å². The Balaban J connectivity index is 1.30. The van der Waals surface area contributed by atoms with E-state index in [1.807, 2.05) is 54.6 Å². The number of benzene rings is 3. The molecule has 0 aromatic heterocycles. The molecule has 1 amide bonds. The Bertz CT molecular complexity index is 1270. The Morgan fingerprint density at radius 2 is 1.49 bits per heavy atom. The third kappa shape index (κ3) is 4.76. The van der Waals surface area contributed by atoms with Crippen LogP contribution in [0, 0.1) is 0 Å². The van der Waals surface area contributed by atoms with Crippen LogP contribution in [0.15, 0.2) is 83.8 Å². The van der Waals surface area contributed by atoms with E-state index >= 15 is 0 Å². The molecule has 3 aromatic rings. The largest absolute Gasteiger partial charge is 0.497 e. The van der Waals surface area contributed by atoms with Crippen molar-refractivity contribution in [2.45, 2.75) is 10.3 Å². The number of carbonyl (C=O) groups is 1. The number of piperazine rings is 1. The van der Waals surface area contributed by atoms with Gasteiger partial charge in [-0.15, -0.1) is 11.8 Å². The third-order valence-corrected chi connectivity index (χ3v) is 9.51. The number of carbonyl (C=O) groups excluding carboxylic acids is 1. The van der Waals surface area contributed by atoms with Gasteiger partial charge in [0.1, 0.15) is 11.1 Å². The second-order valence-corrected chi connectivity index (χ2v) is 11.4. The van der Waals surface area contributed by atoms with Crippen LogP contribution in [0.5, 0.6) is 5.75 Å². The van der Waals surface area contributed by atoms with Gasteiger partial charge in [0.15, 0.2) is 0 Å². The molecule has 9 heteroatoms. The van der Waals surface area contributed by atoms with E-state index in [4.69, 9.17) is 4.74 Å². The Labute approximate surface area is 210 Å². The van der Waals surface area contributed by atoms with Crippen molar-refractivity contribution in [1.29, 1.82) is 0 Å². The molecular formula is C26H27N3O4S2. The highest BCUT2D eigenvalue weighted by atomic mass is 32.2. The van der Waals surface area contributed by atoms with Gasteiger partial charge in [0.25, 0.3) is 0 Å². The SMILES string of the molecule is COc1ccc(C2SCC(=O)N2c2ccc(S(=O)(=O)N3CCN(c4ccccc4)CC3)cc2)cc1. The first-order chi connectivity index (χ1) is 17.0. The number of methoxy groups -OCH3 is 1. The number of hydrogen-bond acceptors (Lipinski definition) is 6. The summed E-state index contributed by atoms with van der Waals surface area (Å²) in [4.78, 5) is 16.9. The number of nitrogens with zero attached hydrogens (tertiary/aromatic N) is 3. The van der Waals surface area contributed by atoms with E-state index in [9.17, 15) is 13.2 Å². The summed E-state index contributed by atoms with van der Waals surface area (Å²) in [7, 11) is -1.99. The van der Waals surface area contributed by atoms with Crippen molar-refractivity contribution >= 4 is 39.1 Å². The summed E-state index contributed by atoms with van der Waals surface area (Å²) < 4.78 is 33.3. The molecule has 1 atom stereocenters. The summed E-state index contributed by atoms with van der Waals surface area (Å²) in [6.07, 6.45) is 0. The van der Waals surface area contributed by atoms with Crippen molar-refractivity contribution in [3.05, 3.63) is 84.4 Å². The van der Waals surface area contributed by atoms with Crippen LogP contribution >= 0.6 is 11.8 Å². The molecule has 1 unspecified atom stereocenters. The highest BCUT2D eigenvalue weighted by molar-refractivity contribution is 8.00. The number of para-hydroxylation sites is 1. The van der Waals surface area contributed by atoms with Gasteiger partial charge in [-0.2, -0.15) is 4.31 Å². The second-order valence-electron chi connectivity index (χ2n) is 8.42. The molecule has 0 aliphatic carbocycles. The number of rotatable bonds is 6. The zero-order valence-corrected chi connectivity index (χ0v) is 21.0. The van der Waals surface area contributed by atoms with Crippen molar-refractivity contribution in [3.8, 4) is 5.75 Å². The van der Waals surface area contributed by atoms with Gasteiger partial charge < -0.3 is 9.64 Å². The molecule has 0 saturated carbocycles. The van der Waals surface area contributed by atoms with Gasteiger partial charge in [-0.25, -0.2) is 8.42 Å². The summed E-state index contributed by atoms with van der Waals surface area (Å²) >= 11 is 1.56. The number of anilines is 2. The Hall–Kier alpha value is -3.01. The topological polar surface area (TPSA) is 70.2 Å². The van der Waals surface area contributed by atoms with Crippen LogP contribution in [-0.2, 0) is 14.8 Å². The van der Waals surface area contributed by atoms with Crippen LogP contribution in [0.1, 0.15) is 10.9 Å². The molecule has 35 heavy (non-hydrogen) atoms. The van der Waals surface area contributed by atoms with Gasteiger partial charge in [0, 0.05) is 37.6 Å². The van der Waals surface area contributed by atoms with E-state index in [0.717, 1.165) is 17.0 Å². The molecule has 182 valence electrons. The molecule has 2 aliphatic rings. The minimum atomic E-state index is -3.61. The normalized spacial score (nSPS) is 19.2. The van der Waals surface area contributed by atoms with E-state index < -0.39 is 10.0 Å². The van der Waals surface area contributed by atoms with Crippen LogP contribution in [0.3, 0.4) is 0 Å². The lowest BCUT2D eigenvalue weighted by molar-refractivity contribution is -0.115. The minimum Gasteiger partial charge on any atom is -0.497 e. The van der Waals surface area contributed by atoms with Crippen molar-refractivity contribution in [2.75, 3.05) is 48.8 Å². The van der Waals surface area contributed by atoms with Gasteiger partial charge >= 0.3 is 0 Å². The maximum Gasteiger partial charge on any atom is 0.243 e. The van der Waals surface area contributed by atoms with Crippen LogP contribution < -0.4 is 14.5 Å². The molecule has 0 spiro atoms. The summed E-state index contributed by atoms with van der Waals surface area (Å²) in [5, 5.41) is -0.165. The van der Waals surface area contributed by atoms with E-state index in [-0.39, 0.29) is 16.2 Å². The van der Waals surface area contributed by atoms with E-state index in [0.29, 0.717) is 37.6 Å². The minimum absolute atomic E-state index is 0.00320. The maximum absolute atomic E-state index is 13.3. The average molecular weight is 510 g/mol. The third-order valence-electron chi connectivity index (χ3n) is 6.38. The molecule has 0 radical (unpaired) electrons. The van der Waals surface area contributed by atoms with Gasteiger partial charge in [-0.1, -0.05) is 30.3 Å². The van der Waals surface area contributed by atoms with Crippen molar-refractivity contribution in [1.82, 2.24) is 4.31 Å². The molecule has 2 aliphatic heterocycles. The predicted octanol–water partition coefficient (Wildman–Crippen LogP) is 3.98. The number of hydrogen-bond donors (Lipinski definition) is 0. The summed E-state index contributed by atoms with van der Waals surface area (Å²) in [6.45, 7) is 2.15. The molecule has 7 nitrogen and oxygen atoms in total. The monoisotopic (exact) mass is 509 g/mol. The highest BCUT2D eigenvalue weighted by Gasteiger charge is 2.35. The van der Waals surface area contributed by atoms with Crippen LogP contribution in [-0.4, -0.2) is 57.7 Å². The molecule has 2 fully saturated rings. The lowest BCUT2D eigenvalue weighted by Gasteiger charge is -2.35. The van der Waals surface area contributed by atoms with Crippen LogP contribution in [0.2, 0.25) is 0 Å². The first-order valence-corrected chi connectivity index (χ1v) is 13.9. The fourth-order valence-corrected chi connectivity index (χ4v) is 7.07. The van der Waals surface area contributed by atoms with E-state index in [1.165, 1.54) is 0 Å². The van der Waals surface area contributed by atoms with Crippen LogP contribution in [0.4, 0.5) is 11.4 Å². The fourth-order valence-electron chi connectivity index (χ4n) is 4.47. The molecule has 0 N–H and O–H groups in total. The van der Waals surface area contributed by atoms with Gasteiger partial charge in [0.05, 0.1) is 17.8 Å². The number of thioether (sulfide) groups is 1. The standard InChI is InChI=1S/C26H27N3O4S2/c1-33-23-11-7-20(8-12-23)26-29(25(30)19-34-26)22-9-13-24(14-10-22)35(31,32)28-17-15-27(16-18-28)21-5-3-2-4-6-21/h2-14,26H,15-19H2,1H3. The average Bonchev–Trinajstić information content (AvgIpc) is 3.30. The quantitative estimate of drug-likeness (QED) is 0.501. The smallest absolute Gasteiger partial charge is 0.243 e. The summed E-state index contributed by atoms with van der Waals surface area (Å²) in [5.74, 6) is 1.14. The van der Waals surface area contributed by atoms with Gasteiger partial charge in [-0.3, -0.25) is 9.69 Å². The number of sulfonamides is 1. The Kier molecular flexibility index (Phi) is 6.73. The fraction of sp³-hybridized carbons (Fsp3) is 0.269. The highest BCUT2D eigenvalue weighted by Crippen LogP contribution is 2.42. The molecule has 3 aromatic carbocycles. The van der Waals surface area contributed by atoms with Gasteiger partial charge in [0.2, 0.25) is 15.9 Å². The van der Waals surface area contributed by atoms with Gasteiger partial charge in [-0.05, 0) is 54.1 Å². The first-order valence-electron chi connectivity index (χ1n) is 11.5. The van der Waals surface area contributed by atoms with Crippen LogP contribution in [0.25, 0.3) is 0 Å². The zero-order chi connectivity index (χ0) is 24.4. The molecular weight excluding hydrogens is 482 g/mol. The summed E-state index contributed by atoms with van der Waals surface area (Å²) in [6, 6.07) is 24.4. The lowest BCUT2D eigenvalue weighted by atomic mass is 10.2. The van der Waals surface area contributed by atoms with E-state index in [2.05, 4.69) is 4.90 Å². The second kappa shape index (κ2) is 9.93. The Morgan fingerprint density at radius 1 is 0.829 bits per heavy atom. The summed E-state index contributed by atoms with van der Waals surface area (Å²) in [5.41, 5.74) is 2.79. The first kappa shape index (κ1) is 23.7. The molecule has 0 bridgehead atoms. The number of amides is 1. The lowest BCUT2D eigenvalue weighted by Crippen LogP contribution is -2.48. The maximum atomic E-state index is 13.3. The molecule has 5 rings (SSSR count). The predicted molar refractivity (Wildman–Crippen MR) is 140 cm³/mol. The zero-order valence-electron chi connectivity index (χ0n) is 19.4. The van der Waals surface area contributed by atoms with E-state index in [1.54, 1.807) is 52.3 Å². The Morgan fingerprint density at radius 3 is 2.11 bits per heavy atom.